The van der Waals surface area contributed by atoms with E-state index in [0.29, 0.717) is 13.0 Å². The molecule has 2 N–H and O–H groups in total. The Kier molecular flexibility index (Phi) is 7.37. The zero-order valence-electron chi connectivity index (χ0n) is 17.0. The molecule has 0 aromatic heterocycles. The maximum atomic E-state index is 13.4. The Morgan fingerprint density at radius 3 is 2.55 bits per heavy atom. The predicted molar refractivity (Wildman–Crippen MR) is 111 cm³/mol. The van der Waals surface area contributed by atoms with Gasteiger partial charge in [-0.05, 0) is 42.7 Å². The van der Waals surface area contributed by atoms with Crippen LogP contribution in [-0.2, 0) is 30.9 Å². The van der Waals surface area contributed by atoms with Gasteiger partial charge < -0.3 is 15.4 Å². The second-order valence-corrected chi connectivity index (χ2v) is 8.94. The van der Waals surface area contributed by atoms with Crippen LogP contribution in [0.25, 0.3) is 0 Å². The van der Waals surface area contributed by atoms with Crippen molar-refractivity contribution in [1.82, 2.24) is 14.9 Å². The quantitative estimate of drug-likeness (QED) is 0.647. The van der Waals surface area contributed by atoms with Crippen LogP contribution in [0.15, 0.2) is 53.4 Å². The molecule has 3 rings (SSSR count). The van der Waals surface area contributed by atoms with Gasteiger partial charge in [-0.2, -0.15) is 4.31 Å². The topological polar surface area (TPSA) is 105 Å². The van der Waals surface area contributed by atoms with Gasteiger partial charge >= 0.3 is 11.8 Å². The van der Waals surface area contributed by atoms with E-state index in [0.717, 1.165) is 22.0 Å². The number of amides is 2. The number of halogens is 1. The van der Waals surface area contributed by atoms with E-state index in [2.05, 4.69) is 10.6 Å². The normalized spacial score (nSPS) is 17.2. The fourth-order valence-electron chi connectivity index (χ4n) is 3.25. The van der Waals surface area contributed by atoms with Gasteiger partial charge in [-0.25, -0.2) is 12.8 Å². The van der Waals surface area contributed by atoms with Crippen molar-refractivity contribution in [1.29, 1.82) is 0 Å². The number of hydrogen-bond acceptors (Lipinski definition) is 5. The Morgan fingerprint density at radius 1 is 1.13 bits per heavy atom. The average molecular weight is 450 g/mol. The molecule has 0 spiro atoms. The molecular formula is C21H24FN3O5S. The molecule has 31 heavy (non-hydrogen) atoms. The first-order chi connectivity index (χ1) is 14.8. The van der Waals surface area contributed by atoms with E-state index >= 15 is 0 Å². The summed E-state index contributed by atoms with van der Waals surface area (Å²) in [6, 6.07) is 12.5. The van der Waals surface area contributed by atoms with Crippen LogP contribution in [0.2, 0.25) is 0 Å². The number of ether oxygens (including phenoxy) is 1. The van der Waals surface area contributed by atoms with Crippen LogP contribution in [0.5, 0.6) is 0 Å². The largest absolute Gasteiger partial charge is 0.360 e. The summed E-state index contributed by atoms with van der Waals surface area (Å²) in [5.74, 6) is -2.25. The van der Waals surface area contributed by atoms with Gasteiger partial charge in [-0.3, -0.25) is 9.59 Å². The standard InChI is InChI=1S/C21H24FN3O5S/c1-15-12-17(22)8-9-18(15)31(28,29)25-10-5-11-30-19(25)14-24-21(27)20(26)23-13-16-6-3-2-4-7-16/h2-4,6-9,12,19H,5,10-11,13-14H2,1H3,(H,23,26)(H,24,27)/t19-/m1/s1. The lowest BCUT2D eigenvalue weighted by molar-refractivity contribution is -0.140. The number of hydrogen-bond donors (Lipinski definition) is 2. The first-order valence-electron chi connectivity index (χ1n) is 9.78. The lowest BCUT2D eigenvalue weighted by atomic mass is 10.2. The number of rotatable bonds is 6. The van der Waals surface area contributed by atoms with Crippen LogP contribution in [-0.4, -0.2) is 50.5 Å². The molecule has 1 aliphatic heterocycles. The van der Waals surface area contributed by atoms with Crippen molar-refractivity contribution in [2.24, 2.45) is 0 Å². The number of nitrogens with one attached hydrogen (secondary N) is 2. The van der Waals surface area contributed by atoms with E-state index in [1.807, 2.05) is 30.3 Å². The number of carbonyl (C=O) groups excluding carboxylic acids is 2. The van der Waals surface area contributed by atoms with Crippen LogP contribution >= 0.6 is 0 Å². The summed E-state index contributed by atoms with van der Waals surface area (Å²) >= 11 is 0. The van der Waals surface area contributed by atoms with E-state index in [1.165, 1.54) is 13.0 Å². The van der Waals surface area contributed by atoms with E-state index in [9.17, 15) is 22.4 Å². The molecule has 1 fully saturated rings. The van der Waals surface area contributed by atoms with Crippen LogP contribution in [0.3, 0.4) is 0 Å². The molecule has 2 amide bonds. The van der Waals surface area contributed by atoms with Crippen molar-refractivity contribution in [3.05, 3.63) is 65.5 Å². The fraction of sp³-hybridized carbons (Fsp3) is 0.333. The van der Waals surface area contributed by atoms with E-state index in [4.69, 9.17) is 4.74 Å². The molecule has 0 unspecified atom stereocenters. The number of nitrogens with zero attached hydrogens (tertiary/aromatic N) is 1. The molecule has 1 heterocycles. The van der Waals surface area contributed by atoms with Gasteiger partial charge in [0.2, 0.25) is 10.0 Å². The fourth-order valence-corrected chi connectivity index (χ4v) is 5.02. The van der Waals surface area contributed by atoms with Gasteiger partial charge in [0.15, 0.2) is 0 Å². The Bertz CT molecular complexity index is 1050. The zero-order chi connectivity index (χ0) is 22.4. The smallest absolute Gasteiger partial charge is 0.309 e. The molecule has 0 saturated carbocycles. The highest BCUT2D eigenvalue weighted by molar-refractivity contribution is 7.89. The van der Waals surface area contributed by atoms with Crippen molar-refractivity contribution >= 4 is 21.8 Å². The van der Waals surface area contributed by atoms with E-state index in [1.54, 1.807) is 0 Å². The van der Waals surface area contributed by atoms with Crippen molar-refractivity contribution in [3.8, 4) is 0 Å². The van der Waals surface area contributed by atoms with Crippen LogP contribution in [0.1, 0.15) is 17.5 Å². The molecule has 10 heteroatoms. The molecule has 8 nitrogen and oxygen atoms in total. The lowest BCUT2D eigenvalue weighted by Crippen LogP contribution is -2.53. The number of aryl methyl sites for hydroxylation is 1. The minimum atomic E-state index is -3.98. The predicted octanol–water partition coefficient (Wildman–Crippen LogP) is 1.30. The molecule has 2 aromatic rings. The molecule has 1 aliphatic rings. The molecular weight excluding hydrogens is 425 g/mol. The monoisotopic (exact) mass is 449 g/mol. The SMILES string of the molecule is Cc1cc(F)ccc1S(=O)(=O)N1CCCO[C@@H]1CNC(=O)C(=O)NCc1ccccc1. The average Bonchev–Trinajstić information content (AvgIpc) is 2.76. The van der Waals surface area contributed by atoms with E-state index < -0.39 is 33.9 Å². The minimum Gasteiger partial charge on any atom is -0.360 e. The molecule has 0 aliphatic carbocycles. The number of carbonyl (C=O) groups is 2. The summed E-state index contributed by atoms with van der Waals surface area (Å²) in [6.07, 6.45) is -0.504. The Morgan fingerprint density at radius 2 is 1.84 bits per heavy atom. The van der Waals surface area contributed by atoms with Crippen LogP contribution in [0, 0.1) is 12.7 Å². The highest BCUT2D eigenvalue weighted by atomic mass is 32.2. The molecule has 166 valence electrons. The summed E-state index contributed by atoms with van der Waals surface area (Å²) in [5.41, 5.74) is 1.11. The van der Waals surface area contributed by atoms with Crippen molar-refractivity contribution in [3.63, 3.8) is 0 Å². The van der Waals surface area contributed by atoms with Gasteiger partial charge in [0, 0.05) is 13.1 Å². The Hall–Kier alpha value is -2.82. The number of benzene rings is 2. The van der Waals surface area contributed by atoms with Crippen molar-refractivity contribution < 1.29 is 27.1 Å². The zero-order valence-corrected chi connectivity index (χ0v) is 17.8. The molecule has 1 atom stereocenters. The van der Waals surface area contributed by atoms with Gasteiger partial charge in [0.05, 0.1) is 18.0 Å². The number of sulfonamides is 1. The third kappa shape index (κ3) is 5.66. The molecule has 0 bridgehead atoms. The first kappa shape index (κ1) is 22.9. The summed E-state index contributed by atoms with van der Waals surface area (Å²) in [5, 5.41) is 4.93. The van der Waals surface area contributed by atoms with Gasteiger partial charge in [-0.15, -0.1) is 0 Å². The second kappa shape index (κ2) is 9.99. The Balaban J connectivity index is 1.62. The van der Waals surface area contributed by atoms with Gasteiger partial charge in [0.25, 0.3) is 0 Å². The van der Waals surface area contributed by atoms with Crippen molar-refractivity contribution in [2.45, 2.75) is 31.0 Å². The maximum Gasteiger partial charge on any atom is 0.309 e. The van der Waals surface area contributed by atoms with Crippen LogP contribution < -0.4 is 10.6 Å². The summed E-state index contributed by atoms with van der Waals surface area (Å²) in [7, 11) is -3.98. The molecule has 1 saturated heterocycles. The van der Waals surface area contributed by atoms with Gasteiger partial charge in [0.1, 0.15) is 12.0 Å². The third-order valence-corrected chi connectivity index (χ3v) is 6.87. The second-order valence-electron chi connectivity index (χ2n) is 7.08. The van der Waals surface area contributed by atoms with E-state index in [-0.39, 0.29) is 30.1 Å². The maximum absolute atomic E-state index is 13.4. The van der Waals surface area contributed by atoms with Crippen molar-refractivity contribution in [2.75, 3.05) is 19.7 Å². The van der Waals surface area contributed by atoms with Crippen LogP contribution in [0.4, 0.5) is 4.39 Å². The molecule has 0 radical (unpaired) electrons. The first-order valence-corrected chi connectivity index (χ1v) is 11.2. The lowest BCUT2D eigenvalue weighted by Gasteiger charge is -2.34. The highest BCUT2D eigenvalue weighted by Gasteiger charge is 2.35. The summed E-state index contributed by atoms with van der Waals surface area (Å²) < 4.78 is 46.3. The minimum absolute atomic E-state index is 0.0312. The Labute approximate surface area is 180 Å². The highest BCUT2D eigenvalue weighted by Crippen LogP contribution is 2.25. The summed E-state index contributed by atoms with van der Waals surface area (Å²) in [4.78, 5) is 24.1. The summed E-state index contributed by atoms with van der Waals surface area (Å²) in [6.45, 7) is 2.00. The molecule has 2 aromatic carbocycles. The van der Waals surface area contributed by atoms with Gasteiger partial charge in [-0.1, -0.05) is 30.3 Å². The third-order valence-electron chi connectivity index (χ3n) is 4.82.